The summed E-state index contributed by atoms with van der Waals surface area (Å²) >= 11 is 0. The summed E-state index contributed by atoms with van der Waals surface area (Å²) in [4.78, 5) is 4.55. The minimum Gasteiger partial charge on any atom is -0.485 e. The van der Waals surface area contributed by atoms with Gasteiger partial charge >= 0.3 is 0 Å². The molecule has 2 aromatic heterocycles. The molecular formula is C15H22N4O. The molecule has 0 aromatic carbocycles. The van der Waals surface area contributed by atoms with E-state index in [-0.39, 0.29) is 0 Å². The maximum Gasteiger partial charge on any atom is 0.142 e. The van der Waals surface area contributed by atoms with Crippen LogP contribution in [0.25, 0.3) is 0 Å². The molecule has 0 bridgehead atoms. The van der Waals surface area contributed by atoms with Crippen molar-refractivity contribution in [1.82, 2.24) is 20.1 Å². The van der Waals surface area contributed by atoms with Gasteiger partial charge in [-0.25, -0.2) is 0 Å². The molecule has 0 saturated heterocycles. The van der Waals surface area contributed by atoms with Crippen LogP contribution in [0, 0.1) is 6.92 Å². The molecule has 2 aromatic rings. The molecule has 2 rings (SSSR count). The molecule has 0 saturated carbocycles. The predicted molar refractivity (Wildman–Crippen MR) is 78.5 cm³/mol. The number of rotatable bonds is 7. The van der Waals surface area contributed by atoms with Gasteiger partial charge in [0.2, 0.25) is 0 Å². The van der Waals surface area contributed by atoms with Gasteiger partial charge in [0.25, 0.3) is 0 Å². The van der Waals surface area contributed by atoms with Crippen molar-refractivity contribution < 1.29 is 4.74 Å². The zero-order valence-corrected chi connectivity index (χ0v) is 12.4. The average Bonchev–Trinajstić information content (AvgIpc) is 2.84. The zero-order chi connectivity index (χ0) is 14.4. The van der Waals surface area contributed by atoms with E-state index in [1.165, 1.54) is 0 Å². The summed E-state index contributed by atoms with van der Waals surface area (Å²) in [5, 5.41) is 7.66. The molecule has 0 amide bonds. The number of aryl methyl sites for hydroxylation is 2. The maximum atomic E-state index is 5.84. The van der Waals surface area contributed by atoms with Gasteiger partial charge < -0.3 is 10.1 Å². The third-order valence-electron chi connectivity index (χ3n) is 2.94. The lowest BCUT2D eigenvalue weighted by Crippen LogP contribution is -2.16. The van der Waals surface area contributed by atoms with Crippen LogP contribution >= 0.6 is 0 Å². The van der Waals surface area contributed by atoms with Crippen LogP contribution in [0.5, 0.6) is 5.75 Å². The van der Waals surface area contributed by atoms with Crippen LogP contribution in [0.3, 0.4) is 0 Å². The molecule has 0 spiro atoms. The Hall–Kier alpha value is -1.88. The van der Waals surface area contributed by atoms with E-state index in [0.717, 1.165) is 42.3 Å². The third-order valence-corrected chi connectivity index (χ3v) is 2.94. The molecule has 108 valence electrons. The Morgan fingerprint density at radius 2 is 2.15 bits per heavy atom. The first-order valence-corrected chi connectivity index (χ1v) is 6.97. The van der Waals surface area contributed by atoms with Crippen molar-refractivity contribution in [2.75, 3.05) is 6.54 Å². The standard InChI is InChI=1S/C15H22N4O/c1-4-8-16-10-14-15(6-5-12(2)17-14)20-11-13-7-9-19(3)18-13/h5-7,9,16H,4,8,10-11H2,1-3H3. The number of nitrogens with zero attached hydrogens (tertiary/aromatic N) is 3. The summed E-state index contributed by atoms with van der Waals surface area (Å²) in [7, 11) is 1.90. The van der Waals surface area contributed by atoms with E-state index in [0.29, 0.717) is 6.61 Å². The van der Waals surface area contributed by atoms with Gasteiger partial charge in [0.05, 0.1) is 11.4 Å². The molecule has 1 N–H and O–H groups in total. The van der Waals surface area contributed by atoms with E-state index in [2.05, 4.69) is 22.3 Å². The molecule has 2 heterocycles. The smallest absolute Gasteiger partial charge is 0.142 e. The predicted octanol–water partition coefficient (Wildman–Crippen LogP) is 2.20. The number of aromatic nitrogens is 3. The zero-order valence-electron chi connectivity index (χ0n) is 12.4. The highest BCUT2D eigenvalue weighted by molar-refractivity contribution is 5.29. The number of hydrogen-bond acceptors (Lipinski definition) is 4. The minimum absolute atomic E-state index is 0.465. The minimum atomic E-state index is 0.465. The lowest BCUT2D eigenvalue weighted by molar-refractivity contribution is 0.294. The first kappa shape index (κ1) is 14.5. The summed E-state index contributed by atoms with van der Waals surface area (Å²) in [6.45, 7) is 6.32. The first-order valence-electron chi connectivity index (χ1n) is 6.97. The lowest BCUT2D eigenvalue weighted by atomic mass is 10.2. The van der Waals surface area contributed by atoms with E-state index >= 15 is 0 Å². The van der Waals surface area contributed by atoms with Crippen molar-refractivity contribution in [3.8, 4) is 5.75 Å². The Balaban J connectivity index is 2.01. The topological polar surface area (TPSA) is 52.0 Å². The fourth-order valence-electron chi connectivity index (χ4n) is 1.93. The molecule has 0 fully saturated rings. The van der Waals surface area contributed by atoms with Crippen LogP contribution < -0.4 is 10.1 Å². The molecule has 20 heavy (non-hydrogen) atoms. The van der Waals surface area contributed by atoms with Gasteiger partial charge in [-0.3, -0.25) is 9.67 Å². The van der Waals surface area contributed by atoms with Crippen LogP contribution in [0.4, 0.5) is 0 Å². The third kappa shape index (κ3) is 4.06. The first-order chi connectivity index (χ1) is 9.69. The molecule has 5 heteroatoms. The largest absolute Gasteiger partial charge is 0.485 e. The van der Waals surface area contributed by atoms with Crippen LogP contribution in [0.2, 0.25) is 0 Å². The van der Waals surface area contributed by atoms with E-state index in [1.807, 2.05) is 38.4 Å². The van der Waals surface area contributed by atoms with Crippen LogP contribution in [-0.4, -0.2) is 21.3 Å². The fourth-order valence-corrected chi connectivity index (χ4v) is 1.93. The van der Waals surface area contributed by atoms with Crippen molar-refractivity contribution in [3.05, 3.63) is 41.5 Å². The molecule has 0 unspecified atom stereocenters. The van der Waals surface area contributed by atoms with Crippen LogP contribution in [0.1, 0.15) is 30.4 Å². The second kappa shape index (κ2) is 7.05. The van der Waals surface area contributed by atoms with Gasteiger partial charge in [0, 0.05) is 25.5 Å². The van der Waals surface area contributed by atoms with Gasteiger partial charge in [-0.15, -0.1) is 0 Å². The second-order valence-electron chi connectivity index (χ2n) is 4.84. The lowest BCUT2D eigenvalue weighted by Gasteiger charge is -2.11. The number of hydrogen-bond donors (Lipinski definition) is 1. The Labute approximate surface area is 120 Å². The Kier molecular flexibility index (Phi) is 5.12. The van der Waals surface area contributed by atoms with Gasteiger partial charge in [-0.05, 0) is 38.1 Å². The summed E-state index contributed by atoms with van der Waals surface area (Å²) in [5.41, 5.74) is 2.87. The van der Waals surface area contributed by atoms with Crippen molar-refractivity contribution in [2.45, 2.75) is 33.4 Å². The van der Waals surface area contributed by atoms with Crippen molar-refractivity contribution >= 4 is 0 Å². The van der Waals surface area contributed by atoms with E-state index < -0.39 is 0 Å². The summed E-state index contributed by atoms with van der Waals surface area (Å²) < 4.78 is 7.62. The van der Waals surface area contributed by atoms with E-state index in [1.54, 1.807) is 4.68 Å². The summed E-state index contributed by atoms with van der Waals surface area (Å²) in [5.74, 6) is 0.824. The van der Waals surface area contributed by atoms with Gasteiger partial charge in [0.1, 0.15) is 12.4 Å². The second-order valence-corrected chi connectivity index (χ2v) is 4.84. The van der Waals surface area contributed by atoms with Crippen molar-refractivity contribution in [1.29, 1.82) is 0 Å². The highest BCUT2D eigenvalue weighted by atomic mass is 16.5. The average molecular weight is 274 g/mol. The van der Waals surface area contributed by atoms with Gasteiger partial charge in [0.15, 0.2) is 0 Å². The SMILES string of the molecule is CCCNCc1nc(C)ccc1OCc1ccn(C)n1. The Morgan fingerprint density at radius 3 is 2.85 bits per heavy atom. The summed E-state index contributed by atoms with van der Waals surface area (Å²) in [6, 6.07) is 5.90. The Morgan fingerprint density at radius 1 is 1.30 bits per heavy atom. The summed E-state index contributed by atoms with van der Waals surface area (Å²) in [6.07, 6.45) is 3.02. The molecule has 0 radical (unpaired) electrons. The van der Waals surface area contributed by atoms with E-state index in [4.69, 9.17) is 4.74 Å². The molecular weight excluding hydrogens is 252 g/mol. The van der Waals surface area contributed by atoms with E-state index in [9.17, 15) is 0 Å². The van der Waals surface area contributed by atoms with Crippen molar-refractivity contribution in [3.63, 3.8) is 0 Å². The quantitative estimate of drug-likeness (QED) is 0.786. The van der Waals surface area contributed by atoms with Crippen LogP contribution in [0.15, 0.2) is 24.4 Å². The highest BCUT2D eigenvalue weighted by Gasteiger charge is 2.07. The highest BCUT2D eigenvalue weighted by Crippen LogP contribution is 2.18. The molecule has 5 nitrogen and oxygen atoms in total. The number of ether oxygens (including phenoxy) is 1. The van der Waals surface area contributed by atoms with Gasteiger partial charge in [-0.1, -0.05) is 6.92 Å². The molecule has 0 atom stereocenters. The molecule has 0 aliphatic rings. The monoisotopic (exact) mass is 274 g/mol. The van der Waals surface area contributed by atoms with Crippen LogP contribution in [-0.2, 0) is 20.2 Å². The molecule has 0 aliphatic heterocycles. The normalized spacial score (nSPS) is 10.8. The maximum absolute atomic E-state index is 5.84. The van der Waals surface area contributed by atoms with Gasteiger partial charge in [-0.2, -0.15) is 5.10 Å². The number of nitrogens with one attached hydrogen (secondary N) is 1. The van der Waals surface area contributed by atoms with Crippen molar-refractivity contribution in [2.24, 2.45) is 7.05 Å². The Bertz CT molecular complexity index is 551. The molecule has 0 aliphatic carbocycles. The number of pyridine rings is 1. The fraction of sp³-hybridized carbons (Fsp3) is 0.467.